The maximum atomic E-state index is 5.72. The highest BCUT2D eigenvalue weighted by molar-refractivity contribution is 5.45. The molecule has 3 N–H and O–H groups in total. The first kappa shape index (κ1) is 13.2. The van der Waals surface area contributed by atoms with E-state index in [2.05, 4.69) is 31.3 Å². The molecule has 0 saturated carbocycles. The van der Waals surface area contributed by atoms with Crippen molar-refractivity contribution in [3.63, 3.8) is 0 Å². The molecule has 4 nitrogen and oxygen atoms in total. The van der Waals surface area contributed by atoms with Crippen molar-refractivity contribution in [2.24, 2.45) is 5.73 Å². The van der Waals surface area contributed by atoms with Crippen LogP contribution in [0.3, 0.4) is 0 Å². The monoisotopic (exact) mass is 250 g/mol. The maximum absolute atomic E-state index is 5.72. The van der Waals surface area contributed by atoms with E-state index in [0.29, 0.717) is 6.67 Å². The van der Waals surface area contributed by atoms with Crippen molar-refractivity contribution in [2.75, 3.05) is 26.4 Å². The molecule has 1 aliphatic rings. The van der Waals surface area contributed by atoms with E-state index in [9.17, 15) is 0 Å². The number of benzene rings is 1. The Kier molecular flexibility index (Phi) is 4.09. The van der Waals surface area contributed by atoms with Crippen molar-refractivity contribution in [3.8, 4) is 11.5 Å². The minimum absolute atomic E-state index is 0.0179. The molecular formula is C14H22N2O2. The molecule has 0 bridgehead atoms. The Morgan fingerprint density at radius 2 is 1.94 bits per heavy atom. The van der Waals surface area contributed by atoms with Crippen LogP contribution in [0.2, 0.25) is 0 Å². The molecule has 0 spiro atoms. The summed E-state index contributed by atoms with van der Waals surface area (Å²) in [5.74, 6) is 1.70. The lowest BCUT2D eigenvalue weighted by atomic mass is 9.84. The molecule has 0 atom stereocenters. The summed E-state index contributed by atoms with van der Waals surface area (Å²) in [6, 6.07) is 6.19. The van der Waals surface area contributed by atoms with Gasteiger partial charge < -0.3 is 20.5 Å². The fraction of sp³-hybridized carbons (Fsp3) is 0.571. The minimum Gasteiger partial charge on any atom is -0.490 e. The molecule has 0 fully saturated rings. The molecule has 0 radical (unpaired) electrons. The zero-order valence-corrected chi connectivity index (χ0v) is 11.2. The van der Waals surface area contributed by atoms with E-state index < -0.39 is 0 Å². The van der Waals surface area contributed by atoms with E-state index in [1.807, 2.05) is 6.07 Å². The third-order valence-corrected chi connectivity index (χ3v) is 3.24. The van der Waals surface area contributed by atoms with Crippen LogP contribution >= 0.6 is 0 Å². The standard InChI is InChI=1S/C14H22N2O2/c1-14(2,9-16-10-15)11-4-5-12-13(8-11)18-7-3-6-17-12/h4-5,8,16H,3,6-7,9-10,15H2,1-2H3. The summed E-state index contributed by atoms with van der Waals surface area (Å²) in [6.45, 7) is 7.16. The molecule has 0 aliphatic carbocycles. The number of rotatable bonds is 4. The van der Waals surface area contributed by atoms with Gasteiger partial charge in [0.15, 0.2) is 11.5 Å². The van der Waals surface area contributed by atoms with E-state index in [-0.39, 0.29) is 5.41 Å². The van der Waals surface area contributed by atoms with E-state index in [1.165, 1.54) is 5.56 Å². The van der Waals surface area contributed by atoms with Gasteiger partial charge in [-0.1, -0.05) is 19.9 Å². The molecule has 2 rings (SSSR count). The van der Waals surface area contributed by atoms with Crippen LogP contribution in [0.1, 0.15) is 25.8 Å². The van der Waals surface area contributed by atoms with Crippen molar-refractivity contribution in [1.29, 1.82) is 0 Å². The minimum atomic E-state index is 0.0179. The molecule has 100 valence electrons. The zero-order valence-electron chi connectivity index (χ0n) is 11.2. The van der Waals surface area contributed by atoms with Gasteiger partial charge in [-0.3, -0.25) is 0 Å². The van der Waals surface area contributed by atoms with E-state index >= 15 is 0 Å². The smallest absolute Gasteiger partial charge is 0.161 e. The summed E-state index contributed by atoms with van der Waals surface area (Å²) in [4.78, 5) is 0. The number of nitrogens with one attached hydrogen (secondary N) is 1. The van der Waals surface area contributed by atoms with Gasteiger partial charge in [-0.25, -0.2) is 0 Å². The molecule has 1 aliphatic heterocycles. The van der Waals surface area contributed by atoms with Gasteiger partial charge in [0.2, 0.25) is 0 Å². The van der Waals surface area contributed by atoms with Gasteiger partial charge in [-0.05, 0) is 17.7 Å². The lowest BCUT2D eigenvalue weighted by Crippen LogP contribution is -2.35. The van der Waals surface area contributed by atoms with Crippen LogP contribution in [0, 0.1) is 0 Å². The number of hydrogen-bond donors (Lipinski definition) is 2. The lowest BCUT2D eigenvalue weighted by molar-refractivity contribution is 0.296. The van der Waals surface area contributed by atoms with E-state index in [0.717, 1.165) is 37.7 Å². The molecule has 1 aromatic carbocycles. The molecule has 1 aromatic rings. The topological polar surface area (TPSA) is 56.5 Å². The van der Waals surface area contributed by atoms with Crippen LogP contribution in [-0.4, -0.2) is 26.4 Å². The molecule has 1 heterocycles. The molecule has 0 aromatic heterocycles. The first-order valence-corrected chi connectivity index (χ1v) is 6.44. The van der Waals surface area contributed by atoms with E-state index in [4.69, 9.17) is 15.2 Å². The van der Waals surface area contributed by atoms with E-state index in [1.54, 1.807) is 0 Å². The van der Waals surface area contributed by atoms with Crippen molar-refractivity contribution in [2.45, 2.75) is 25.7 Å². The molecule has 4 heteroatoms. The molecule has 0 unspecified atom stereocenters. The summed E-state index contributed by atoms with van der Waals surface area (Å²) >= 11 is 0. The second kappa shape index (κ2) is 5.59. The number of fused-ring (bicyclic) bond motifs is 1. The van der Waals surface area contributed by atoms with Crippen LogP contribution in [0.15, 0.2) is 18.2 Å². The van der Waals surface area contributed by atoms with Gasteiger partial charge in [0.25, 0.3) is 0 Å². The lowest BCUT2D eigenvalue weighted by Gasteiger charge is -2.26. The van der Waals surface area contributed by atoms with Crippen molar-refractivity contribution < 1.29 is 9.47 Å². The van der Waals surface area contributed by atoms with Crippen molar-refractivity contribution in [1.82, 2.24) is 5.32 Å². The van der Waals surface area contributed by atoms with Crippen LogP contribution in [0.25, 0.3) is 0 Å². The fourth-order valence-corrected chi connectivity index (χ4v) is 2.07. The second-order valence-corrected chi connectivity index (χ2v) is 5.23. The Morgan fingerprint density at radius 1 is 1.22 bits per heavy atom. The Hall–Kier alpha value is -1.26. The molecule has 18 heavy (non-hydrogen) atoms. The second-order valence-electron chi connectivity index (χ2n) is 5.23. The molecule has 0 saturated heterocycles. The average Bonchev–Trinajstić information content (AvgIpc) is 2.60. The first-order valence-electron chi connectivity index (χ1n) is 6.44. The predicted octanol–water partition coefficient (Wildman–Crippen LogP) is 1.63. The van der Waals surface area contributed by atoms with Crippen LogP contribution in [0.4, 0.5) is 0 Å². The summed E-state index contributed by atoms with van der Waals surface area (Å²) in [5.41, 5.74) is 6.74. The van der Waals surface area contributed by atoms with Crippen LogP contribution in [-0.2, 0) is 5.41 Å². The highest BCUT2D eigenvalue weighted by Crippen LogP contribution is 2.34. The highest BCUT2D eigenvalue weighted by Gasteiger charge is 2.22. The largest absolute Gasteiger partial charge is 0.490 e. The normalized spacial score (nSPS) is 15.3. The summed E-state index contributed by atoms with van der Waals surface area (Å²) in [5, 5.41) is 3.19. The van der Waals surface area contributed by atoms with Crippen molar-refractivity contribution in [3.05, 3.63) is 23.8 Å². The van der Waals surface area contributed by atoms with Gasteiger partial charge in [0, 0.05) is 25.0 Å². The third kappa shape index (κ3) is 2.94. The van der Waals surface area contributed by atoms with Gasteiger partial charge in [0.1, 0.15) is 0 Å². The van der Waals surface area contributed by atoms with Gasteiger partial charge in [-0.2, -0.15) is 0 Å². The third-order valence-electron chi connectivity index (χ3n) is 3.24. The number of hydrogen-bond acceptors (Lipinski definition) is 4. The zero-order chi connectivity index (χ0) is 13.0. The fourth-order valence-electron chi connectivity index (χ4n) is 2.07. The summed E-state index contributed by atoms with van der Waals surface area (Å²) in [6.07, 6.45) is 0.933. The Morgan fingerprint density at radius 3 is 2.67 bits per heavy atom. The van der Waals surface area contributed by atoms with Crippen LogP contribution < -0.4 is 20.5 Å². The first-order chi connectivity index (χ1) is 8.63. The average molecular weight is 250 g/mol. The molecule has 0 amide bonds. The predicted molar refractivity (Wildman–Crippen MR) is 72.1 cm³/mol. The van der Waals surface area contributed by atoms with Gasteiger partial charge in [0.05, 0.1) is 13.2 Å². The SMILES string of the molecule is CC(C)(CNCN)c1ccc2c(c1)OCCCO2. The number of nitrogens with two attached hydrogens (primary N) is 1. The highest BCUT2D eigenvalue weighted by atomic mass is 16.5. The van der Waals surface area contributed by atoms with Gasteiger partial charge in [-0.15, -0.1) is 0 Å². The van der Waals surface area contributed by atoms with Crippen molar-refractivity contribution >= 4 is 0 Å². The van der Waals surface area contributed by atoms with Crippen LogP contribution in [0.5, 0.6) is 11.5 Å². The number of ether oxygens (including phenoxy) is 2. The Balaban J connectivity index is 2.21. The Labute approximate surface area is 108 Å². The quantitative estimate of drug-likeness (QED) is 0.798. The van der Waals surface area contributed by atoms with Gasteiger partial charge >= 0.3 is 0 Å². The summed E-state index contributed by atoms with van der Waals surface area (Å²) < 4.78 is 11.4. The summed E-state index contributed by atoms with van der Waals surface area (Å²) in [7, 11) is 0. The Bertz CT molecular complexity index is 405. The maximum Gasteiger partial charge on any atom is 0.161 e. The molecular weight excluding hydrogens is 228 g/mol.